The Morgan fingerprint density at radius 3 is 2.30 bits per heavy atom. The number of aliphatic hydroxyl groups is 2. The maximum Gasteiger partial charge on any atom is 0.264 e. The fourth-order valence-electron chi connectivity index (χ4n) is 3.02. The number of Topliss-reactive ketones (excluding diaryl/α,β-unsaturated/α-hetero) is 1. The minimum absolute atomic E-state index is 0.0904. The largest absolute Gasteiger partial charge is 0.491 e. The molecule has 0 bridgehead atoms. The average Bonchev–Trinajstić information content (AvgIpc) is 3.01. The number of hydrogen-bond acceptors (Lipinski definition) is 7. The first kappa shape index (κ1) is 23.9. The molecule has 8 nitrogen and oxygen atoms in total. The lowest BCUT2D eigenvalue weighted by atomic mass is 10.0. The lowest BCUT2D eigenvalue weighted by Crippen LogP contribution is -2.34. The second-order valence-electron chi connectivity index (χ2n) is 7.56. The SMILES string of the molecule is Cc1c(Cc2ccc(OC(C)C)cc2)c(O[C@H](OCCO)C(=O)CO)nn1C(C)C. The van der Waals surface area contributed by atoms with Gasteiger partial charge in [0.25, 0.3) is 6.29 Å². The van der Waals surface area contributed by atoms with E-state index in [-0.39, 0.29) is 31.2 Å². The summed E-state index contributed by atoms with van der Waals surface area (Å²) in [7, 11) is 0. The van der Waals surface area contributed by atoms with Crippen LogP contribution in [0.1, 0.15) is 50.6 Å². The van der Waals surface area contributed by atoms with Gasteiger partial charge in [0.15, 0.2) is 0 Å². The maximum absolute atomic E-state index is 12.0. The van der Waals surface area contributed by atoms with Gasteiger partial charge in [-0.3, -0.25) is 9.48 Å². The summed E-state index contributed by atoms with van der Waals surface area (Å²) in [5.41, 5.74) is 2.77. The zero-order valence-corrected chi connectivity index (χ0v) is 18.3. The zero-order valence-electron chi connectivity index (χ0n) is 18.3. The summed E-state index contributed by atoms with van der Waals surface area (Å²) in [4.78, 5) is 12.0. The van der Waals surface area contributed by atoms with Crippen molar-refractivity contribution in [1.29, 1.82) is 0 Å². The highest BCUT2D eigenvalue weighted by atomic mass is 16.7. The van der Waals surface area contributed by atoms with Crippen LogP contribution in [0.5, 0.6) is 11.6 Å². The molecule has 1 aromatic carbocycles. The van der Waals surface area contributed by atoms with E-state index < -0.39 is 18.7 Å². The fraction of sp³-hybridized carbons (Fsp3) is 0.545. The van der Waals surface area contributed by atoms with Gasteiger partial charge in [-0.1, -0.05) is 12.1 Å². The fourth-order valence-corrected chi connectivity index (χ4v) is 3.02. The molecule has 1 heterocycles. The Morgan fingerprint density at radius 2 is 1.77 bits per heavy atom. The smallest absolute Gasteiger partial charge is 0.264 e. The Balaban J connectivity index is 2.32. The maximum atomic E-state index is 12.0. The van der Waals surface area contributed by atoms with Gasteiger partial charge in [0.2, 0.25) is 11.7 Å². The Morgan fingerprint density at radius 1 is 1.10 bits per heavy atom. The minimum Gasteiger partial charge on any atom is -0.491 e. The van der Waals surface area contributed by atoms with Crippen LogP contribution in [0.15, 0.2) is 24.3 Å². The molecule has 1 aromatic heterocycles. The molecule has 2 rings (SSSR count). The lowest BCUT2D eigenvalue weighted by molar-refractivity contribution is -0.155. The molecule has 30 heavy (non-hydrogen) atoms. The molecule has 0 radical (unpaired) electrons. The van der Waals surface area contributed by atoms with Crippen molar-refractivity contribution in [3.05, 3.63) is 41.1 Å². The number of hydrogen-bond donors (Lipinski definition) is 2. The van der Waals surface area contributed by atoms with Crippen LogP contribution in [0.3, 0.4) is 0 Å². The van der Waals surface area contributed by atoms with E-state index in [1.54, 1.807) is 0 Å². The van der Waals surface area contributed by atoms with Crippen molar-refractivity contribution in [2.24, 2.45) is 0 Å². The predicted molar refractivity (Wildman–Crippen MR) is 112 cm³/mol. The molecule has 0 aliphatic heterocycles. The summed E-state index contributed by atoms with van der Waals surface area (Å²) >= 11 is 0. The van der Waals surface area contributed by atoms with Gasteiger partial charge in [-0.2, -0.15) is 0 Å². The molecule has 2 N–H and O–H groups in total. The normalized spacial score (nSPS) is 12.4. The quantitative estimate of drug-likeness (QED) is 0.508. The summed E-state index contributed by atoms with van der Waals surface area (Å²) in [6.07, 6.45) is -0.699. The first-order valence-corrected chi connectivity index (χ1v) is 10.1. The van der Waals surface area contributed by atoms with E-state index in [9.17, 15) is 9.90 Å². The third kappa shape index (κ3) is 6.29. The Kier molecular flexibility index (Phi) is 8.83. The number of carbonyl (C=O) groups excluding carboxylic acids is 1. The first-order valence-electron chi connectivity index (χ1n) is 10.1. The van der Waals surface area contributed by atoms with Crippen molar-refractivity contribution in [3.8, 4) is 11.6 Å². The molecule has 0 unspecified atom stereocenters. The molecule has 0 aliphatic carbocycles. The van der Waals surface area contributed by atoms with Crippen LogP contribution in [-0.2, 0) is 16.0 Å². The van der Waals surface area contributed by atoms with Gasteiger partial charge in [0.1, 0.15) is 12.4 Å². The van der Waals surface area contributed by atoms with E-state index in [0.29, 0.717) is 6.42 Å². The van der Waals surface area contributed by atoms with Crippen LogP contribution in [-0.4, -0.2) is 58.0 Å². The molecule has 0 spiro atoms. The van der Waals surface area contributed by atoms with E-state index in [1.807, 2.05) is 63.6 Å². The highest BCUT2D eigenvalue weighted by Crippen LogP contribution is 2.28. The number of ketones is 1. The Bertz CT molecular complexity index is 814. The van der Waals surface area contributed by atoms with Gasteiger partial charge >= 0.3 is 0 Å². The number of carbonyl (C=O) groups is 1. The van der Waals surface area contributed by atoms with Crippen LogP contribution >= 0.6 is 0 Å². The number of aromatic nitrogens is 2. The van der Waals surface area contributed by atoms with Crippen molar-refractivity contribution in [2.45, 2.75) is 59.5 Å². The molecular formula is C22H32N2O6. The van der Waals surface area contributed by atoms with E-state index >= 15 is 0 Å². The van der Waals surface area contributed by atoms with Crippen LogP contribution in [0.25, 0.3) is 0 Å². The molecular weight excluding hydrogens is 388 g/mol. The van der Waals surface area contributed by atoms with Crippen molar-refractivity contribution >= 4 is 5.78 Å². The molecule has 0 amide bonds. The van der Waals surface area contributed by atoms with Crippen LogP contribution in [0.4, 0.5) is 0 Å². The summed E-state index contributed by atoms with van der Waals surface area (Å²) in [5.74, 6) is 0.431. The third-order valence-corrected chi connectivity index (χ3v) is 4.40. The second kappa shape index (κ2) is 11.1. The molecule has 166 valence electrons. The molecule has 0 aliphatic rings. The van der Waals surface area contributed by atoms with Gasteiger partial charge in [0, 0.05) is 23.7 Å². The topological polar surface area (TPSA) is 103 Å². The molecule has 1 atom stereocenters. The van der Waals surface area contributed by atoms with Crippen LogP contribution in [0, 0.1) is 6.92 Å². The van der Waals surface area contributed by atoms with Gasteiger partial charge in [-0.05, 0) is 52.3 Å². The van der Waals surface area contributed by atoms with Crippen molar-refractivity contribution < 1.29 is 29.2 Å². The summed E-state index contributed by atoms with van der Waals surface area (Å²) in [6, 6.07) is 7.88. The summed E-state index contributed by atoms with van der Waals surface area (Å²) in [6.45, 7) is 8.82. The molecule has 2 aromatic rings. The van der Waals surface area contributed by atoms with Crippen LogP contribution in [0.2, 0.25) is 0 Å². The molecule has 0 saturated carbocycles. The predicted octanol–water partition coefficient (Wildman–Crippen LogP) is 2.43. The molecule has 0 fully saturated rings. The van der Waals surface area contributed by atoms with E-state index in [1.165, 1.54) is 0 Å². The highest BCUT2D eigenvalue weighted by Gasteiger charge is 2.25. The van der Waals surface area contributed by atoms with Gasteiger partial charge in [-0.25, -0.2) is 0 Å². The number of rotatable bonds is 12. The van der Waals surface area contributed by atoms with E-state index in [2.05, 4.69) is 5.10 Å². The minimum atomic E-state index is -1.34. The first-order chi connectivity index (χ1) is 14.3. The monoisotopic (exact) mass is 420 g/mol. The molecule has 8 heteroatoms. The number of aliphatic hydroxyl groups excluding tert-OH is 2. The van der Waals surface area contributed by atoms with Crippen molar-refractivity contribution in [1.82, 2.24) is 9.78 Å². The average molecular weight is 421 g/mol. The van der Waals surface area contributed by atoms with Crippen molar-refractivity contribution in [3.63, 3.8) is 0 Å². The number of ether oxygens (including phenoxy) is 3. The van der Waals surface area contributed by atoms with Gasteiger partial charge in [0.05, 0.1) is 19.3 Å². The van der Waals surface area contributed by atoms with Gasteiger partial charge in [-0.15, -0.1) is 5.10 Å². The number of nitrogens with zero attached hydrogens (tertiary/aromatic N) is 2. The van der Waals surface area contributed by atoms with E-state index in [4.69, 9.17) is 19.3 Å². The lowest BCUT2D eigenvalue weighted by Gasteiger charge is -2.16. The zero-order chi connectivity index (χ0) is 22.3. The number of benzene rings is 1. The van der Waals surface area contributed by atoms with E-state index in [0.717, 1.165) is 22.6 Å². The third-order valence-electron chi connectivity index (χ3n) is 4.40. The second-order valence-corrected chi connectivity index (χ2v) is 7.56. The van der Waals surface area contributed by atoms with Crippen LogP contribution < -0.4 is 9.47 Å². The molecule has 0 saturated heterocycles. The summed E-state index contributed by atoms with van der Waals surface area (Å²) < 4.78 is 18.5. The Hall–Kier alpha value is -2.42. The standard InChI is InChI=1S/C22H32N2O6/c1-14(2)24-16(5)19(12-17-6-8-18(9-7-17)29-15(3)4)21(23-24)30-22(20(27)13-26)28-11-10-25/h6-9,14-15,22,25-26H,10-13H2,1-5H3/t22-/m0/s1. The summed E-state index contributed by atoms with van der Waals surface area (Å²) in [5, 5.41) is 22.7. The van der Waals surface area contributed by atoms with Crippen molar-refractivity contribution in [2.75, 3.05) is 19.8 Å². The Labute approximate surface area is 177 Å². The highest BCUT2D eigenvalue weighted by molar-refractivity contribution is 5.83. The van der Waals surface area contributed by atoms with Gasteiger partial charge < -0.3 is 24.4 Å².